The number of pyridine rings is 1. The maximum Gasteiger partial charge on any atom is 0.265 e. The zero-order chi connectivity index (χ0) is 12.3. The molecular formula is C13H12N2O2. The van der Waals surface area contributed by atoms with Crippen LogP contribution in [-0.4, -0.2) is 10.5 Å². The standard InChI is InChI=1S/C13H12N2O2/c14-13(17)11-7-4-8-12(16)15(11)9-10-5-2-1-3-6-10/h1-8H,9H2,(H2,14,17). The molecule has 17 heavy (non-hydrogen) atoms. The number of aromatic nitrogens is 1. The van der Waals surface area contributed by atoms with Crippen molar-refractivity contribution < 1.29 is 4.79 Å². The summed E-state index contributed by atoms with van der Waals surface area (Å²) in [4.78, 5) is 22.9. The van der Waals surface area contributed by atoms with Crippen LogP contribution in [0.2, 0.25) is 0 Å². The fourth-order valence-electron chi connectivity index (χ4n) is 1.66. The van der Waals surface area contributed by atoms with Gasteiger partial charge < -0.3 is 5.73 Å². The first-order chi connectivity index (χ1) is 8.18. The molecule has 1 heterocycles. The molecule has 0 aliphatic carbocycles. The Balaban J connectivity index is 2.45. The van der Waals surface area contributed by atoms with Gasteiger partial charge >= 0.3 is 0 Å². The van der Waals surface area contributed by atoms with Gasteiger partial charge in [-0.15, -0.1) is 0 Å². The minimum atomic E-state index is -0.598. The number of primary amides is 1. The van der Waals surface area contributed by atoms with Crippen molar-refractivity contribution in [1.29, 1.82) is 0 Å². The molecule has 0 bridgehead atoms. The van der Waals surface area contributed by atoms with Gasteiger partial charge in [0.25, 0.3) is 11.5 Å². The average Bonchev–Trinajstić information content (AvgIpc) is 2.33. The molecule has 2 N–H and O–H groups in total. The van der Waals surface area contributed by atoms with Crippen molar-refractivity contribution in [1.82, 2.24) is 4.57 Å². The van der Waals surface area contributed by atoms with Gasteiger partial charge in [-0.3, -0.25) is 14.2 Å². The van der Waals surface area contributed by atoms with Crippen molar-refractivity contribution in [2.75, 3.05) is 0 Å². The van der Waals surface area contributed by atoms with Crippen molar-refractivity contribution in [3.8, 4) is 0 Å². The van der Waals surface area contributed by atoms with E-state index in [9.17, 15) is 9.59 Å². The predicted octanol–water partition coefficient (Wildman–Crippen LogP) is 0.995. The molecule has 0 aliphatic heterocycles. The molecule has 1 aromatic carbocycles. The van der Waals surface area contributed by atoms with Crippen molar-refractivity contribution in [3.05, 3.63) is 70.1 Å². The van der Waals surface area contributed by atoms with Crippen LogP contribution in [-0.2, 0) is 6.54 Å². The van der Waals surface area contributed by atoms with Gasteiger partial charge in [0.1, 0.15) is 5.69 Å². The number of carbonyl (C=O) groups excluding carboxylic acids is 1. The van der Waals surface area contributed by atoms with E-state index in [0.29, 0.717) is 6.54 Å². The van der Waals surface area contributed by atoms with Crippen LogP contribution in [0, 0.1) is 0 Å². The summed E-state index contributed by atoms with van der Waals surface area (Å²) in [5, 5.41) is 0. The van der Waals surface area contributed by atoms with E-state index in [-0.39, 0.29) is 11.3 Å². The van der Waals surface area contributed by atoms with E-state index < -0.39 is 5.91 Å². The van der Waals surface area contributed by atoms with Gasteiger partial charge in [0, 0.05) is 6.07 Å². The third-order valence-corrected chi connectivity index (χ3v) is 2.49. The molecule has 86 valence electrons. The van der Waals surface area contributed by atoms with Crippen LogP contribution in [0.4, 0.5) is 0 Å². The number of nitrogens with two attached hydrogens (primary N) is 1. The monoisotopic (exact) mass is 228 g/mol. The van der Waals surface area contributed by atoms with Gasteiger partial charge in [-0.2, -0.15) is 0 Å². The number of rotatable bonds is 3. The summed E-state index contributed by atoms with van der Waals surface area (Å²) >= 11 is 0. The summed E-state index contributed by atoms with van der Waals surface area (Å²) in [6.07, 6.45) is 0. The summed E-state index contributed by atoms with van der Waals surface area (Å²) < 4.78 is 1.37. The zero-order valence-corrected chi connectivity index (χ0v) is 9.17. The maximum absolute atomic E-state index is 11.7. The van der Waals surface area contributed by atoms with Crippen LogP contribution >= 0.6 is 0 Å². The van der Waals surface area contributed by atoms with Gasteiger partial charge in [0.05, 0.1) is 6.54 Å². The van der Waals surface area contributed by atoms with Gasteiger partial charge in [-0.25, -0.2) is 0 Å². The number of carbonyl (C=O) groups is 1. The third kappa shape index (κ3) is 2.42. The molecule has 0 saturated heterocycles. The van der Waals surface area contributed by atoms with Gasteiger partial charge in [-0.1, -0.05) is 36.4 Å². The molecule has 4 nitrogen and oxygen atoms in total. The summed E-state index contributed by atoms with van der Waals surface area (Å²) in [5.74, 6) is -0.598. The molecule has 0 atom stereocenters. The lowest BCUT2D eigenvalue weighted by molar-refractivity contribution is 0.0990. The molecule has 0 radical (unpaired) electrons. The van der Waals surface area contributed by atoms with Crippen LogP contribution in [0.1, 0.15) is 16.1 Å². The Kier molecular flexibility index (Phi) is 3.05. The molecule has 1 aromatic heterocycles. The maximum atomic E-state index is 11.7. The largest absolute Gasteiger partial charge is 0.364 e. The van der Waals surface area contributed by atoms with Crippen LogP contribution < -0.4 is 11.3 Å². The normalized spacial score (nSPS) is 10.1. The molecular weight excluding hydrogens is 216 g/mol. The van der Waals surface area contributed by atoms with Gasteiger partial charge in [0.15, 0.2) is 0 Å². The van der Waals surface area contributed by atoms with Crippen LogP contribution in [0.5, 0.6) is 0 Å². The highest BCUT2D eigenvalue weighted by molar-refractivity contribution is 5.91. The molecule has 0 unspecified atom stereocenters. The van der Waals surface area contributed by atoms with E-state index in [2.05, 4.69) is 0 Å². The van der Waals surface area contributed by atoms with E-state index in [1.54, 1.807) is 6.07 Å². The number of amides is 1. The third-order valence-electron chi connectivity index (χ3n) is 2.49. The van der Waals surface area contributed by atoms with Crippen molar-refractivity contribution in [2.24, 2.45) is 5.73 Å². The number of nitrogens with zero attached hydrogens (tertiary/aromatic N) is 1. The van der Waals surface area contributed by atoms with E-state index in [4.69, 9.17) is 5.73 Å². The van der Waals surface area contributed by atoms with Crippen molar-refractivity contribution in [3.63, 3.8) is 0 Å². The lowest BCUT2D eigenvalue weighted by Gasteiger charge is -2.09. The first-order valence-electron chi connectivity index (χ1n) is 5.22. The molecule has 1 amide bonds. The molecule has 4 heteroatoms. The van der Waals surface area contributed by atoms with E-state index in [1.807, 2.05) is 30.3 Å². The Labute approximate surface area is 98.3 Å². The molecule has 0 spiro atoms. The summed E-state index contributed by atoms with van der Waals surface area (Å²) in [7, 11) is 0. The quantitative estimate of drug-likeness (QED) is 0.851. The van der Waals surface area contributed by atoms with Crippen molar-refractivity contribution >= 4 is 5.91 Å². The Morgan fingerprint density at radius 3 is 2.41 bits per heavy atom. The summed E-state index contributed by atoms with van der Waals surface area (Å²) in [6.45, 7) is 0.346. The molecule has 0 saturated carbocycles. The topological polar surface area (TPSA) is 65.1 Å². The Hall–Kier alpha value is -2.36. The summed E-state index contributed by atoms with van der Waals surface area (Å²) in [5.41, 5.74) is 6.18. The van der Waals surface area contributed by atoms with Gasteiger partial charge in [-0.05, 0) is 11.6 Å². The second-order valence-electron chi connectivity index (χ2n) is 3.69. The van der Waals surface area contributed by atoms with Gasteiger partial charge in [0.2, 0.25) is 0 Å². The Morgan fingerprint density at radius 1 is 1.06 bits per heavy atom. The predicted molar refractivity (Wildman–Crippen MR) is 64.8 cm³/mol. The van der Waals surface area contributed by atoms with Crippen LogP contribution in [0.15, 0.2) is 53.3 Å². The zero-order valence-electron chi connectivity index (χ0n) is 9.17. The lowest BCUT2D eigenvalue weighted by atomic mass is 10.2. The minimum Gasteiger partial charge on any atom is -0.364 e. The highest BCUT2D eigenvalue weighted by atomic mass is 16.2. The molecule has 2 aromatic rings. The lowest BCUT2D eigenvalue weighted by Crippen LogP contribution is -2.28. The molecule has 2 rings (SSSR count). The second kappa shape index (κ2) is 4.65. The molecule has 0 aliphatic rings. The fraction of sp³-hybridized carbons (Fsp3) is 0.0769. The minimum absolute atomic E-state index is 0.223. The number of hydrogen-bond acceptors (Lipinski definition) is 2. The first-order valence-corrected chi connectivity index (χ1v) is 5.22. The average molecular weight is 228 g/mol. The van der Waals surface area contributed by atoms with E-state index in [1.165, 1.54) is 16.7 Å². The van der Waals surface area contributed by atoms with E-state index >= 15 is 0 Å². The Bertz CT molecular complexity index is 588. The molecule has 0 fully saturated rings. The van der Waals surface area contributed by atoms with Crippen molar-refractivity contribution in [2.45, 2.75) is 6.54 Å². The van der Waals surface area contributed by atoms with Crippen LogP contribution in [0.3, 0.4) is 0 Å². The number of benzene rings is 1. The summed E-state index contributed by atoms with van der Waals surface area (Å²) in [6, 6.07) is 13.9. The highest BCUT2D eigenvalue weighted by Crippen LogP contribution is 2.03. The Morgan fingerprint density at radius 2 is 1.76 bits per heavy atom. The fourth-order valence-corrected chi connectivity index (χ4v) is 1.66. The van der Waals surface area contributed by atoms with Crippen LogP contribution in [0.25, 0.3) is 0 Å². The van der Waals surface area contributed by atoms with E-state index in [0.717, 1.165) is 5.56 Å². The number of hydrogen-bond donors (Lipinski definition) is 1. The highest BCUT2D eigenvalue weighted by Gasteiger charge is 2.08. The SMILES string of the molecule is NC(=O)c1cccc(=O)n1Cc1ccccc1. The second-order valence-corrected chi connectivity index (χ2v) is 3.69. The first kappa shape index (κ1) is 11.1. The smallest absolute Gasteiger partial charge is 0.265 e.